The fourth-order valence-electron chi connectivity index (χ4n) is 5.09. The van der Waals surface area contributed by atoms with Crippen molar-refractivity contribution in [2.24, 2.45) is 11.3 Å². The number of hydrogen-bond acceptors (Lipinski definition) is 6. The molecule has 1 aliphatic heterocycles. The van der Waals surface area contributed by atoms with E-state index < -0.39 is 12.2 Å². The molecule has 33 heavy (non-hydrogen) atoms. The molecular weight excluding hydrogens is 428 g/mol. The van der Waals surface area contributed by atoms with Gasteiger partial charge >= 0.3 is 0 Å². The summed E-state index contributed by atoms with van der Waals surface area (Å²) < 4.78 is 32.2. The molecule has 4 atom stereocenters. The van der Waals surface area contributed by atoms with Crippen molar-refractivity contribution in [2.45, 2.75) is 64.2 Å². The minimum absolute atomic E-state index is 0.0182. The minimum atomic E-state index is -1.14. The molecule has 1 N–H and O–H groups in total. The van der Waals surface area contributed by atoms with E-state index in [9.17, 15) is 18.8 Å². The van der Waals surface area contributed by atoms with Crippen molar-refractivity contribution >= 4 is 5.91 Å². The Kier molecular flexibility index (Phi) is 6.23. The van der Waals surface area contributed by atoms with Gasteiger partial charge in [-0.15, -0.1) is 0 Å². The molecule has 2 fully saturated rings. The molecule has 9 heteroatoms. The summed E-state index contributed by atoms with van der Waals surface area (Å²) in [5.74, 6) is 0.627. The smallest absolute Gasteiger partial charge is 0.257 e. The zero-order valence-corrected chi connectivity index (χ0v) is 19.1. The first-order valence-corrected chi connectivity index (χ1v) is 11.3. The third-order valence-corrected chi connectivity index (χ3v) is 7.77. The van der Waals surface area contributed by atoms with Crippen LogP contribution in [-0.4, -0.2) is 51.8 Å². The van der Waals surface area contributed by atoms with Gasteiger partial charge in [0.1, 0.15) is 18.0 Å². The lowest BCUT2D eigenvalue weighted by molar-refractivity contribution is -0.131. The number of amides is 1. The normalized spacial score (nSPS) is 28.7. The van der Waals surface area contributed by atoms with Gasteiger partial charge in [0.25, 0.3) is 5.89 Å². The number of hydrogen-bond donors (Lipinski definition) is 1. The van der Waals surface area contributed by atoms with Gasteiger partial charge < -0.3 is 14.7 Å². The molecule has 0 spiro atoms. The number of carbonyl (C=O) groups excluding carboxylic acids is 1. The van der Waals surface area contributed by atoms with Crippen LogP contribution in [0.15, 0.2) is 28.8 Å². The molecule has 4 rings (SSSR count). The summed E-state index contributed by atoms with van der Waals surface area (Å²) in [4.78, 5) is 18.5. The average Bonchev–Trinajstić information content (AvgIpc) is 3.46. The number of aromatic nitrogens is 2. The van der Waals surface area contributed by atoms with E-state index in [1.54, 1.807) is 12.1 Å². The van der Waals surface area contributed by atoms with Crippen LogP contribution >= 0.6 is 0 Å². The van der Waals surface area contributed by atoms with Crippen molar-refractivity contribution in [3.8, 4) is 17.5 Å². The molecule has 0 radical (unpaired) electrons. The van der Waals surface area contributed by atoms with Gasteiger partial charge in [0.05, 0.1) is 19.2 Å². The first-order valence-electron chi connectivity index (χ1n) is 11.3. The molecule has 1 saturated heterocycles. The van der Waals surface area contributed by atoms with E-state index in [0.29, 0.717) is 23.7 Å². The maximum absolute atomic E-state index is 13.7. The Bertz CT molecular complexity index is 1050. The molecular formula is C24H29F2N5O2. The number of halogens is 2. The highest BCUT2D eigenvalue weighted by Gasteiger charge is 2.51. The van der Waals surface area contributed by atoms with Crippen molar-refractivity contribution in [3.05, 3.63) is 35.9 Å². The number of nitrogens with one attached hydrogen (secondary N) is 1. The Morgan fingerprint density at radius 3 is 2.76 bits per heavy atom. The topological polar surface area (TPSA) is 95.1 Å². The van der Waals surface area contributed by atoms with Crippen LogP contribution in [0.25, 0.3) is 11.5 Å². The fourth-order valence-corrected chi connectivity index (χ4v) is 5.09. The number of likely N-dealkylation sites (tertiary alicyclic amines) is 1. The summed E-state index contributed by atoms with van der Waals surface area (Å²) in [6.07, 6.45) is 1.33. The zero-order chi connectivity index (χ0) is 23.8. The van der Waals surface area contributed by atoms with Crippen molar-refractivity contribution in [1.82, 2.24) is 20.4 Å². The number of alkyl halides is 1. The third kappa shape index (κ3) is 4.49. The van der Waals surface area contributed by atoms with Crippen molar-refractivity contribution in [3.63, 3.8) is 0 Å². The largest absolute Gasteiger partial charge is 0.334 e. The predicted octanol–water partition coefficient (Wildman–Crippen LogP) is 3.67. The fraction of sp³-hybridized carbons (Fsp3) is 0.583. The quantitative estimate of drug-likeness (QED) is 0.711. The lowest BCUT2D eigenvalue weighted by Crippen LogP contribution is -2.55. The Morgan fingerprint density at radius 2 is 2.06 bits per heavy atom. The minimum Gasteiger partial charge on any atom is -0.334 e. The third-order valence-electron chi connectivity index (χ3n) is 7.77. The van der Waals surface area contributed by atoms with Crippen molar-refractivity contribution < 1.29 is 18.1 Å². The van der Waals surface area contributed by atoms with Gasteiger partial charge in [-0.3, -0.25) is 4.79 Å². The number of benzene rings is 1. The van der Waals surface area contributed by atoms with E-state index >= 15 is 0 Å². The number of nitrogens with zero attached hydrogens (tertiary/aromatic N) is 4. The summed E-state index contributed by atoms with van der Waals surface area (Å²) in [5.41, 5.74) is 0.152. The first kappa shape index (κ1) is 23.3. The van der Waals surface area contributed by atoms with E-state index in [2.05, 4.69) is 36.2 Å². The zero-order valence-electron chi connectivity index (χ0n) is 19.1. The maximum Gasteiger partial charge on any atom is 0.257 e. The van der Waals surface area contributed by atoms with Crippen LogP contribution in [0, 0.1) is 28.5 Å². The van der Waals surface area contributed by atoms with Crippen molar-refractivity contribution in [1.29, 1.82) is 5.26 Å². The number of rotatable bonds is 6. The molecule has 2 aromatic rings. The average molecular weight is 458 g/mol. The lowest BCUT2D eigenvalue weighted by Gasteiger charge is -2.42. The Balaban J connectivity index is 1.39. The molecule has 176 valence electrons. The molecule has 1 aromatic carbocycles. The van der Waals surface area contributed by atoms with Gasteiger partial charge in [0.2, 0.25) is 5.91 Å². The summed E-state index contributed by atoms with van der Waals surface area (Å²) in [6.45, 7) is 6.47. The summed E-state index contributed by atoms with van der Waals surface area (Å²) in [5, 5.41) is 16.7. The SMILES string of the molecule is CC1(C)[C@H](Cc2noc(-c3ccc(F)cc3)n2)CC[C@]1(C)NCC(=O)N1C[C@@H](F)C[C@H]1C#N. The van der Waals surface area contributed by atoms with Crippen LogP contribution in [0.4, 0.5) is 8.78 Å². The molecule has 1 aromatic heterocycles. The Morgan fingerprint density at radius 1 is 1.33 bits per heavy atom. The molecule has 1 amide bonds. The summed E-state index contributed by atoms with van der Waals surface area (Å²) in [7, 11) is 0. The molecule has 1 aliphatic carbocycles. The van der Waals surface area contributed by atoms with Crippen LogP contribution in [-0.2, 0) is 11.2 Å². The van der Waals surface area contributed by atoms with E-state index in [1.807, 2.05) is 6.07 Å². The Hall–Kier alpha value is -2.86. The van der Waals surface area contributed by atoms with E-state index in [0.717, 1.165) is 12.8 Å². The molecule has 2 heterocycles. The van der Waals surface area contributed by atoms with E-state index in [4.69, 9.17) is 4.52 Å². The monoisotopic (exact) mass is 457 g/mol. The second-order valence-corrected chi connectivity index (χ2v) is 9.89. The van der Waals surface area contributed by atoms with Gasteiger partial charge in [-0.25, -0.2) is 8.78 Å². The predicted molar refractivity (Wildman–Crippen MR) is 117 cm³/mol. The first-order chi connectivity index (χ1) is 15.6. The number of carbonyl (C=O) groups is 1. The van der Waals surface area contributed by atoms with Gasteiger partial charge in [-0.2, -0.15) is 10.2 Å². The molecule has 7 nitrogen and oxygen atoms in total. The highest BCUT2D eigenvalue weighted by molar-refractivity contribution is 5.79. The maximum atomic E-state index is 13.7. The lowest BCUT2D eigenvalue weighted by atomic mass is 9.70. The molecule has 0 bridgehead atoms. The van der Waals surface area contributed by atoms with Crippen LogP contribution in [0.1, 0.15) is 45.9 Å². The van der Waals surface area contributed by atoms with E-state index in [1.165, 1.54) is 17.0 Å². The highest BCUT2D eigenvalue weighted by atomic mass is 19.1. The van der Waals surface area contributed by atoms with Gasteiger partial charge in [0, 0.05) is 23.9 Å². The van der Waals surface area contributed by atoms with Gasteiger partial charge in [-0.1, -0.05) is 19.0 Å². The number of nitriles is 1. The second kappa shape index (κ2) is 8.82. The second-order valence-electron chi connectivity index (χ2n) is 9.89. The standard InChI is InChI=1S/C24H29F2N5O2/c1-23(2)16(10-20-29-22(33-30-20)15-4-6-17(25)7-5-15)8-9-24(23,3)28-13-21(32)31-14-18(26)11-19(31)12-27/h4-7,16,18-19,28H,8-11,13-14H2,1-3H3/t16-,18-,19-,24-/m0/s1. The molecule has 1 saturated carbocycles. The van der Waals surface area contributed by atoms with Crippen LogP contribution < -0.4 is 5.32 Å². The van der Waals surface area contributed by atoms with Gasteiger partial charge in [0.15, 0.2) is 5.82 Å². The van der Waals surface area contributed by atoms with E-state index in [-0.39, 0.29) is 48.1 Å². The van der Waals surface area contributed by atoms with Crippen LogP contribution in [0.5, 0.6) is 0 Å². The summed E-state index contributed by atoms with van der Waals surface area (Å²) >= 11 is 0. The summed E-state index contributed by atoms with van der Waals surface area (Å²) in [6, 6.07) is 7.25. The van der Waals surface area contributed by atoms with Crippen molar-refractivity contribution in [2.75, 3.05) is 13.1 Å². The van der Waals surface area contributed by atoms with Crippen LogP contribution in [0.3, 0.4) is 0 Å². The highest BCUT2D eigenvalue weighted by Crippen LogP contribution is 2.51. The molecule has 0 unspecified atom stereocenters. The van der Waals surface area contributed by atoms with Gasteiger partial charge in [-0.05, 0) is 55.4 Å². The molecule has 2 aliphatic rings. The Labute approximate surface area is 192 Å². The van der Waals surface area contributed by atoms with Crippen LogP contribution in [0.2, 0.25) is 0 Å².